The summed E-state index contributed by atoms with van der Waals surface area (Å²) in [5.74, 6) is -0.501. The highest BCUT2D eigenvalue weighted by atomic mass is 32.1. The van der Waals surface area contributed by atoms with Gasteiger partial charge in [0.15, 0.2) is 5.76 Å². The summed E-state index contributed by atoms with van der Waals surface area (Å²) in [6, 6.07) is 1.85. The molecule has 0 amide bonds. The van der Waals surface area contributed by atoms with E-state index < -0.39 is 5.97 Å². The van der Waals surface area contributed by atoms with Crippen LogP contribution in [0, 0.1) is 0 Å². The van der Waals surface area contributed by atoms with Crippen LogP contribution in [0.3, 0.4) is 0 Å². The molecule has 0 atom stereocenters. The lowest BCUT2D eigenvalue weighted by Gasteiger charge is -1.97. The number of carbonyl (C=O) groups is 1. The molecule has 0 radical (unpaired) electrons. The Bertz CT molecular complexity index is 502. The van der Waals surface area contributed by atoms with Crippen molar-refractivity contribution >= 4 is 17.3 Å². The van der Waals surface area contributed by atoms with Gasteiger partial charge in [0.25, 0.3) is 0 Å². The normalized spacial score (nSPS) is 10.6. The van der Waals surface area contributed by atoms with Gasteiger partial charge in [-0.1, -0.05) is 18.5 Å². The quantitative estimate of drug-likeness (QED) is 0.884. The number of nitrogens with zero attached hydrogens (tertiary/aromatic N) is 1. The Morgan fingerprint density at radius 1 is 1.59 bits per heavy atom. The van der Waals surface area contributed by atoms with Crippen molar-refractivity contribution in [2.45, 2.75) is 26.2 Å². The van der Waals surface area contributed by atoms with E-state index in [-0.39, 0.29) is 5.56 Å². The standard InChI is InChI=1S/C12H13NO3S/c1-2-3-4-9-10(12(14)15)11(13-16-9)8-5-6-17-7-8/h5-7H,2-4H2,1H3,(H,14,15). The predicted molar refractivity (Wildman–Crippen MR) is 65.4 cm³/mol. The number of hydrogen-bond donors (Lipinski definition) is 1. The molecular weight excluding hydrogens is 238 g/mol. The number of thiophene rings is 1. The second-order valence-corrected chi connectivity index (χ2v) is 4.53. The first-order chi connectivity index (χ1) is 8.24. The van der Waals surface area contributed by atoms with E-state index in [1.807, 2.05) is 16.8 Å². The molecule has 5 heteroatoms. The van der Waals surface area contributed by atoms with E-state index in [0.717, 1.165) is 18.4 Å². The molecule has 2 aromatic heterocycles. The average Bonchev–Trinajstić information content (AvgIpc) is 2.94. The Kier molecular flexibility index (Phi) is 3.58. The van der Waals surface area contributed by atoms with E-state index in [1.165, 1.54) is 11.3 Å². The van der Waals surface area contributed by atoms with E-state index >= 15 is 0 Å². The molecule has 17 heavy (non-hydrogen) atoms. The maximum Gasteiger partial charge on any atom is 0.341 e. The monoisotopic (exact) mass is 251 g/mol. The summed E-state index contributed by atoms with van der Waals surface area (Å²) in [6.45, 7) is 2.05. The van der Waals surface area contributed by atoms with Crippen molar-refractivity contribution < 1.29 is 14.4 Å². The van der Waals surface area contributed by atoms with Crippen molar-refractivity contribution in [3.05, 3.63) is 28.2 Å². The Hall–Kier alpha value is -1.62. The van der Waals surface area contributed by atoms with Gasteiger partial charge < -0.3 is 9.63 Å². The van der Waals surface area contributed by atoms with E-state index in [1.54, 1.807) is 0 Å². The third-order valence-corrected chi connectivity index (χ3v) is 3.21. The number of aryl methyl sites for hydroxylation is 1. The topological polar surface area (TPSA) is 63.3 Å². The number of aromatic nitrogens is 1. The van der Waals surface area contributed by atoms with Gasteiger partial charge in [-0.05, 0) is 17.9 Å². The molecule has 0 aliphatic carbocycles. The minimum atomic E-state index is -0.974. The molecule has 0 unspecified atom stereocenters. The molecule has 90 valence electrons. The van der Waals surface area contributed by atoms with Crippen LogP contribution in [-0.4, -0.2) is 16.2 Å². The lowest BCUT2D eigenvalue weighted by molar-refractivity contribution is 0.0695. The fourth-order valence-corrected chi connectivity index (χ4v) is 2.29. The van der Waals surface area contributed by atoms with Crippen molar-refractivity contribution in [2.24, 2.45) is 0 Å². The molecule has 2 aromatic rings. The zero-order valence-electron chi connectivity index (χ0n) is 9.47. The second kappa shape index (κ2) is 5.14. The summed E-state index contributed by atoms with van der Waals surface area (Å²) in [5.41, 5.74) is 1.45. The Morgan fingerprint density at radius 2 is 2.41 bits per heavy atom. The molecule has 0 spiro atoms. The van der Waals surface area contributed by atoms with Crippen LogP contribution in [0.5, 0.6) is 0 Å². The molecule has 0 aromatic carbocycles. The summed E-state index contributed by atoms with van der Waals surface area (Å²) < 4.78 is 5.16. The molecule has 0 aliphatic rings. The minimum absolute atomic E-state index is 0.205. The van der Waals surface area contributed by atoms with Gasteiger partial charge in [-0.3, -0.25) is 0 Å². The fourth-order valence-electron chi connectivity index (χ4n) is 1.65. The van der Waals surface area contributed by atoms with Gasteiger partial charge in [0.05, 0.1) is 0 Å². The second-order valence-electron chi connectivity index (χ2n) is 3.75. The summed E-state index contributed by atoms with van der Waals surface area (Å²) in [5, 5.41) is 16.9. The lowest BCUT2D eigenvalue weighted by Crippen LogP contribution is -2.01. The Morgan fingerprint density at radius 3 is 3.00 bits per heavy atom. The van der Waals surface area contributed by atoms with Crippen molar-refractivity contribution in [3.8, 4) is 11.3 Å². The summed E-state index contributed by atoms with van der Waals surface area (Å²) in [4.78, 5) is 11.3. The zero-order chi connectivity index (χ0) is 12.3. The summed E-state index contributed by atoms with van der Waals surface area (Å²) in [6.07, 6.45) is 2.52. The zero-order valence-corrected chi connectivity index (χ0v) is 10.3. The van der Waals surface area contributed by atoms with Crippen LogP contribution >= 0.6 is 11.3 Å². The van der Waals surface area contributed by atoms with Crippen molar-refractivity contribution in [3.63, 3.8) is 0 Å². The van der Waals surface area contributed by atoms with E-state index in [2.05, 4.69) is 12.1 Å². The van der Waals surface area contributed by atoms with Crippen LogP contribution < -0.4 is 0 Å². The highest BCUT2D eigenvalue weighted by molar-refractivity contribution is 7.08. The number of carboxylic acid groups (broad SMARTS) is 1. The molecule has 0 bridgehead atoms. The van der Waals surface area contributed by atoms with Gasteiger partial charge in [0.1, 0.15) is 11.3 Å². The molecule has 2 rings (SSSR count). The fraction of sp³-hybridized carbons (Fsp3) is 0.333. The molecule has 0 saturated carbocycles. The largest absolute Gasteiger partial charge is 0.477 e. The molecule has 1 N–H and O–H groups in total. The van der Waals surface area contributed by atoms with Crippen LogP contribution in [0.25, 0.3) is 11.3 Å². The summed E-state index contributed by atoms with van der Waals surface area (Å²) >= 11 is 1.51. The number of rotatable bonds is 5. The number of hydrogen-bond acceptors (Lipinski definition) is 4. The lowest BCUT2D eigenvalue weighted by atomic mass is 10.1. The first-order valence-corrected chi connectivity index (χ1v) is 6.42. The van der Waals surface area contributed by atoms with Gasteiger partial charge >= 0.3 is 5.97 Å². The highest BCUT2D eigenvalue weighted by Crippen LogP contribution is 2.28. The molecule has 0 aliphatic heterocycles. The Balaban J connectivity index is 2.40. The number of carboxylic acids is 1. The Labute approximate surface area is 103 Å². The van der Waals surface area contributed by atoms with Crippen molar-refractivity contribution in [1.29, 1.82) is 0 Å². The molecule has 4 nitrogen and oxygen atoms in total. The van der Waals surface area contributed by atoms with Crippen LogP contribution in [0.1, 0.15) is 35.9 Å². The van der Waals surface area contributed by atoms with E-state index in [0.29, 0.717) is 17.9 Å². The van der Waals surface area contributed by atoms with Gasteiger partial charge in [-0.15, -0.1) is 0 Å². The molecule has 2 heterocycles. The van der Waals surface area contributed by atoms with Crippen LogP contribution in [0.2, 0.25) is 0 Å². The van der Waals surface area contributed by atoms with E-state index in [4.69, 9.17) is 4.52 Å². The number of unbranched alkanes of at least 4 members (excludes halogenated alkanes) is 1. The maximum absolute atomic E-state index is 11.3. The predicted octanol–water partition coefficient (Wildman–Crippen LogP) is 3.44. The molecular formula is C12H13NO3S. The van der Waals surface area contributed by atoms with Gasteiger partial charge in [-0.2, -0.15) is 11.3 Å². The first kappa shape index (κ1) is 11.9. The minimum Gasteiger partial charge on any atom is -0.477 e. The smallest absolute Gasteiger partial charge is 0.341 e. The van der Waals surface area contributed by atoms with Gasteiger partial charge in [0.2, 0.25) is 0 Å². The third kappa shape index (κ3) is 2.39. The first-order valence-electron chi connectivity index (χ1n) is 5.48. The third-order valence-electron chi connectivity index (χ3n) is 2.53. The SMILES string of the molecule is CCCCc1onc(-c2ccsc2)c1C(=O)O. The average molecular weight is 251 g/mol. The van der Waals surface area contributed by atoms with Gasteiger partial charge in [0, 0.05) is 17.4 Å². The molecule has 0 saturated heterocycles. The van der Waals surface area contributed by atoms with Crippen molar-refractivity contribution in [1.82, 2.24) is 5.16 Å². The molecule has 0 fully saturated rings. The van der Waals surface area contributed by atoms with Crippen LogP contribution in [-0.2, 0) is 6.42 Å². The van der Waals surface area contributed by atoms with E-state index in [9.17, 15) is 9.90 Å². The van der Waals surface area contributed by atoms with Crippen molar-refractivity contribution in [2.75, 3.05) is 0 Å². The van der Waals surface area contributed by atoms with Crippen LogP contribution in [0.15, 0.2) is 21.3 Å². The van der Waals surface area contributed by atoms with Gasteiger partial charge in [-0.25, -0.2) is 4.79 Å². The highest BCUT2D eigenvalue weighted by Gasteiger charge is 2.23. The number of aromatic carboxylic acids is 1. The van der Waals surface area contributed by atoms with Crippen LogP contribution in [0.4, 0.5) is 0 Å². The summed E-state index contributed by atoms with van der Waals surface area (Å²) in [7, 11) is 0. The maximum atomic E-state index is 11.3.